The molecule has 34 heavy (non-hydrogen) atoms. The van der Waals surface area contributed by atoms with Crippen LogP contribution >= 0.6 is 11.3 Å². The van der Waals surface area contributed by atoms with Gasteiger partial charge in [0.1, 0.15) is 11.6 Å². The number of benzene rings is 2. The molecule has 1 amide bonds. The molecule has 0 N–H and O–H groups in total. The van der Waals surface area contributed by atoms with Gasteiger partial charge in [0.25, 0.3) is 5.91 Å². The van der Waals surface area contributed by atoms with Gasteiger partial charge in [0.05, 0.1) is 7.11 Å². The predicted octanol–water partition coefficient (Wildman–Crippen LogP) is 5.91. The van der Waals surface area contributed by atoms with E-state index >= 15 is 0 Å². The van der Waals surface area contributed by atoms with Gasteiger partial charge in [0, 0.05) is 44.2 Å². The summed E-state index contributed by atoms with van der Waals surface area (Å²) < 4.78 is 18.9. The molecule has 1 aromatic heterocycles. The molecule has 1 aliphatic heterocycles. The van der Waals surface area contributed by atoms with Gasteiger partial charge >= 0.3 is 0 Å². The monoisotopic (exact) mass is 480 g/mol. The molecule has 180 valence electrons. The maximum atomic E-state index is 13.4. The molecule has 0 radical (unpaired) electrons. The van der Waals surface area contributed by atoms with Crippen LogP contribution in [0.25, 0.3) is 0 Å². The first-order chi connectivity index (χ1) is 16.4. The van der Waals surface area contributed by atoms with Crippen molar-refractivity contribution in [3.8, 4) is 5.75 Å². The van der Waals surface area contributed by atoms with Crippen molar-refractivity contribution in [2.75, 3.05) is 33.3 Å². The minimum atomic E-state index is -0.329. The third-order valence-corrected chi connectivity index (χ3v) is 7.18. The number of methoxy groups -OCH3 is 1. The molecule has 1 fully saturated rings. The van der Waals surface area contributed by atoms with Crippen LogP contribution in [0.2, 0.25) is 0 Å². The number of rotatable bonds is 9. The minimum Gasteiger partial charge on any atom is -0.497 e. The van der Waals surface area contributed by atoms with E-state index in [2.05, 4.69) is 47.7 Å². The van der Waals surface area contributed by atoms with Gasteiger partial charge in [-0.1, -0.05) is 26.0 Å². The molecule has 6 heteroatoms. The van der Waals surface area contributed by atoms with Crippen LogP contribution in [-0.2, 0) is 6.54 Å². The highest BCUT2D eigenvalue weighted by molar-refractivity contribution is 7.07. The fraction of sp³-hybridized carbons (Fsp3) is 0.393. The quantitative estimate of drug-likeness (QED) is 0.382. The second-order valence-corrected chi connectivity index (χ2v) is 10.4. The number of likely N-dealkylation sites (tertiary alicyclic amines) is 1. The number of hydrogen-bond donors (Lipinski definition) is 0. The minimum absolute atomic E-state index is 0.0330. The van der Waals surface area contributed by atoms with Crippen molar-refractivity contribution in [1.82, 2.24) is 9.80 Å². The molecule has 2 atom stereocenters. The van der Waals surface area contributed by atoms with Gasteiger partial charge in [0.2, 0.25) is 0 Å². The van der Waals surface area contributed by atoms with Crippen LogP contribution in [0.1, 0.15) is 41.3 Å². The Balaban J connectivity index is 1.59. The van der Waals surface area contributed by atoms with Gasteiger partial charge in [-0.15, -0.1) is 0 Å². The normalized spacial score (nSPS) is 18.4. The molecule has 3 aromatic rings. The molecule has 0 saturated carbocycles. The average molecular weight is 481 g/mol. The summed E-state index contributed by atoms with van der Waals surface area (Å²) in [6, 6.07) is 16.4. The molecule has 0 bridgehead atoms. The first kappa shape index (κ1) is 24.4. The van der Waals surface area contributed by atoms with E-state index in [0.29, 0.717) is 30.5 Å². The maximum Gasteiger partial charge on any atom is 0.253 e. The molecule has 0 aliphatic carbocycles. The van der Waals surface area contributed by atoms with E-state index in [-0.39, 0.29) is 17.6 Å². The molecule has 1 aliphatic rings. The van der Waals surface area contributed by atoms with Crippen LogP contribution in [0.4, 0.5) is 4.39 Å². The third kappa shape index (κ3) is 6.05. The molecule has 4 rings (SSSR count). The van der Waals surface area contributed by atoms with Crippen molar-refractivity contribution in [2.45, 2.75) is 26.3 Å². The van der Waals surface area contributed by atoms with E-state index in [4.69, 9.17) is 4.74 Å². The summed E-state index contributed by atoms with van der Waals surface area (Å²) >= 11 is 1.72. The zero-order valence-corrected chi connectivity index (χ0v) is 20.9. The summed E-state index contributed by atoms with van der Waals surface area (Å²) in [7, 11) is 1.69. The Hall–Kier alpha value is -2.70. The number of thiophene rings is 1. The van der Waals surface area contributed by atoms with Gasteiger partial charge in [-0.25, -0.2) is 4.39 Å². The van der Waals surface area contributed by atoms with Gasteiger partial charge in [-0.05, 0) is 76.2 Å². The van der Waals surface area contributed by atoms with Crippen LogP contribution in [0.3, 0.4) is 0 Å². The largest absolute Gasteiger partial charge is 0.497 e. The number of carbonyl (C=O) groups is 1. The molecule has 1 saturated heterocycles. The highest BCUT2D eigenvalue weighted by Gasteiger charge is 2.36. The van der Waals surface area contributed by atoms with Gasteiger partial charge in [0.15, 0.2) is 0 Å². The van der Waals surface area contributed by atoms with Crippen molar-refractivity contribution in [3.63, 3.8) is 0 Å². The molecule has 2 aromatic carbocycles. The predicted molar refractivity (Wildman–Crippen MR) is 136 cm³/mol. The Morgan fingerprint density at radius 3 is 2.65 bits per heavy atom. The first-order valence-electron chi connectivity index (χ1n) is 11.8. The van der Waals surface area contributed by atoms with E-state index in [1.807, 2.05) is 17.0 Å². The van der Waals surface area contributed by atoms with Crippen LogP contribution in [0.15, 0.2) is 65.4 Å². The second kappa shape index (κ2) is 11.2. The van der Waals surface area contributed by atoms with E-state index in [1.54, 1.807) is 30.6 Å². The van der Waals surface area contributed by atoms with Gasteiger partial charge < -0.3 is 9.64 Å². The molecule has 0 unspecified atom stereocenters. The number of amides is 1. The summed E-state index contributed by atoms with van der Waals surface area (Å²) in [6.45, 7) is 8.36. The second-order valence-electron chi connectivity index (χ2n) is 9.58. The van der Waals surface area contributed by atoms with Crippen molar-refractivity contribution in [3.05, 3.63) is 87.9 Å². The lowest BCUT2D eigenvalue weighted by Crippen LogP contribution is -2.39. The Morgan fingerprint density at radius 2 is 1.97 bits per heavy atom. The Labute approximate surface area is 206 Å². The van der Waals surface area contributed by atoms with Crippen LogP contribution in [0, 0.1) is 17.7 Å². The van der Waals surface area contributed by atoms with Crippen LogP contribution < -0.4 is 4.74 Å². The number of hydrogen-bond acceptors (Lipinski definition) is 4. The van der Waals surface area contributed by atoms with Gasteiger partial charge in [-0.3, -0.25) is 9.69 Å². The highest BCUT2D eigenvalue weighted by atomic mass is 32.1. The summed E-state index contributed by atoms with van der Waals surface area (Å²) in [4.78, 5) is 17.9. The zero-order valence-electron chi connectivity index (χ0n) is 20.1. The molecular weight excluding hydrogens is 447 g/mol. The SMILES string of the molecule is COc1cccc([C@H]2CN(Cc3ccsc3)C[C@H]2CN(CC(C)C)C(=O)c2ccc(F)cc2)c1. The first-order valence-corrected chi connectivity index (χ1v) is 12.8. The van der Waals surface area contributed by atoms with Crippen molar-refractivity contribution in [2.24, 2.45) is 11.8 Å². The highest BCUT2D eigenvalue weighted by Crippen LogP contribution is 2.36. The van der Waals surface area contributed by atoms with Crippen molar-refractivity contribution in [1.29, 1.82) is 0 Å². The molecular formula is C28H33FN2O2S. The third-order valence-electron chi connectivity index (χ3n) is 6.44. The Morgan fingerprint density at radius 1 is 1.18 bits per heavy atom. The topological polar surface area (TPSA) is 32.8 Å². The fourth-order valence-electron chi connectivity index (χ4n) is 4.90. The summed E-state index contributed by atoms with van der Waals surface area (Å²) in [5.74, 6) is 1.41. The van der Waals surface area contributed by atoms with E-state index < -0.39 is 0 Å². The Bertz CT molecular complexity index is 1070. The summed E-state index contributed by atoms with van der Waals surface area (Å²) in [6.07, 6.45) is 0. The molecule has 0 spiro atoms. The van der Waals surface area contributed by atoms with Crippen LogP contribution in [-0.4, -0.2) is 49.0 Å². The fourth-order valence-corrected chi connectivity index (χ4v) is 5.56. The maximum absolute atomic E-state index is 13.4. The van der Waals surface area contributed by atoms with E-state index in [0.717, 1.165) is 25.4 Å². The summed E-state index contributed by atoms with van der Waals surface area (Å²) in [5, 5.41) is 4.32. The number of carbonyl (C=O) groups excluding carboxylic acids is 1. The lowest BCUT2D eigenvalue weighted by molar-refractivity contribution is 0.0703. The van der Waals surface area contributed by atoms with E-state index in [1.165, 1.54) is 23.3 Å². The van der Waals surface area contributed by atoms with Gasteiger partial charge in [-0.2, -0.15) is 11.3 Å². The molecule has 2 heterocycles. The average Bonchev–Trinajstić information content (AvgIpc) is 3.48. The molecule has 4 nitrogen and oxygen atoms in total. The van der Waals surface area contributed by atoms with Crippen molar-refractivity contribution >= 4 is 17.2 Å². The van der Waals surface area contributed by atoms with E-state index in [9.17, 15) is 9.18 Å². The number of nitrogens with zero attached hydrogens (tertiary/aromatic N) is 2. The lowest BCUT2D eigenvalue weighted by Gasteiger charge is -2.30. The number of ether oxygens (including phenoxy) is 1. The number of halogens is 1. The van der Waals surface area contributed by atoms with Crippen molar-refractivity contribution < 1.29 is 13.9 Å². The zero-order chi connectivity index (χ0) is 24.1. The van der Waals surface area contributed by atoms with Crippen LogP contribution in [0.5, 0.6) is 5.75 Å². The summed E-state index contributed by atoms with van der Waals surface area (Å²) in [5.41, 5.74) is 3.11. The Kier molecular flexibility index (Phi) is 8.01. The smallest absolute Gasteiger partial charge is 0.253 e. The lowest BCUT2D eigenvalue weighted by atomic mass is 9.88. The standard InChI is InChI=1S/C28H33FN2O2S/c1-20(2)14-31(28(32)22-7-9-25(29)10-8-22)17-24-16-30(15-21-11-12-34-19-21)18-27(24)23-5-4-6-26(13-23)33-3/h4-13,19-20,24,27H,14-18H2,1-3H3/t24-,27+/m0/s1.